The molecule has 28 heavy (non-hydrogen) atoms. The van der Waals surface area contributed by atoms with Gasteiger partial charge >= 0.3 is 6.09 Å². The van der Waals surface area contributed by atoms with Gasteiger partial charge in [-0.15, -0.1) is 0 Å². The maximum Gasteiger partial charge on any atom is 0.407 e. The molecule has 2 rings (SSSR count). The number of rotatable bonds is 5. The van der Waals surface area contributed by atoms with Crippen molar-refractivity contribution in [3.05, 3.63) is 34.3 Å². The SMILES string of the molecule is CC(C)(C)OC(=O)NCCC(=O)N1CCN(C(=O)Cc2ccccc2Br)CC1. The Kier molecular flexibility index (Phi) is 7.86. The quantitative estimate of drug-likeness (QED) is 0.742. The maximum absolute atomic E-state index is 12.5. The van der Waals surface area contributed by atoms with Gasteiger partial charge in [0.2, 0.25) is 11.8 Å². The highest BCUT2D eigenvalue weighted by molar-refractivity contribution is 9.10. The molecule has 154 valence electrons. The van der Waals surface area contributed by atoms with Gasteiger partial charge in [0.05, 0.1) is 6.42 Å². The van der Waals surface area contributed by atoms with E-state index in [1.165, 1.54) is 0 Å². The summed E-state index contributed by atoms with van der Waals surface area (Å²) in [6.45, 7) is 7.65. The summed E-state index contributed by atoms with van der Waals surface area (Å²) < 4.78 is 6.07. The molecule has 8 heteroatoms. The summed E-state index contributed by atoms with van der Waals surface area (Å²) in [7, 11) is 0. The van der Waals surface area contributed by atoms with Gasteiger partial charge < -0.3 is 19.9 Å². The Hall–Kier alpha value is -2.09. The molecule has 1 heterocycles. The Labute approximate surface area is 174 Å². The number of amides is 3. The number of carbonyl (C=O) groups is 3. The van der Waals surface area contributed by atoms with Gasteiger partial charge in [0.1, 0.15) is 5.60 Å². The average Bonchev–Trinajstić information content (AvgIpc) is 2.62. The number of hydrogen-bond acceptors (Lipinski definition) is 4. The Balaban J connectivity index is 1.71. The number of alkyl carbamates (subject to hydrolysis) is 1. The largest absolute Gasteiger partial charge is 0.444 e. The molecule has 0 aliphatic carbocycles. The fourth-order valence-electron chi connectivity index (χ4n) is 2.87. The second-order valence-electron chi connectivity index (χ2n) is 7.71. The van der Waals surface area contributed by atoms with Gasteiger partial charge in [0.25, 0.3) is 0 Å². The Morgan fingerprint density at radius 1 is 1.04 bits per heavy atom. The lowest BCUT2D eigenvalue weighted by Gasteiger charge is -2.35. The van der Waals surface area contributed by atoms with E-state index in [2.05, 4.69) is 21.2 Å². The summed E-state index contributed by atoms with van der Waals surface area (Å²) in [5.74, 6) is 0.0274. The van der Waals surface area contributed by atoms with Gasteiger partial charge in [-0.05, 0) is 32.4 Å². The van der Waals surface area contributed by atoms with Crippen LogP contribution in [0.2, 0.25) is 0 Å². The molecule has 1 aromatic carbocycles. The highest BCUT2D eigenvalue weighted by Crippen LogP contribution is 2.17. The molecule has 0 saturated carbocycles. The minimum atomic E-state index is -0.563. The molecule has 7 nitrogen and oxygen atoms in total. The highest BCUT2D eigenvalue weighted by atomic mass is 79.9. The summed E-state index contributed by atoms with van der Waals surface area (Å²) in [5.41, 5.74) is 0.394. The van der Waals surface area contributed by atoms with Crippen molar-refractivity contribution in [2.24, 2.45) is 0 Å². The van der Waals surface area contributed by atoms with Crippen LogP contribution in [0, 0.1) is 0 Å². The predicted octanol–water partition coefficient (Wildman–Crippen LogP) is 2.58. The van der Waals surface area contributed by atoms with E-state index < -0.39 is 11.7 Å². The van der Waals surface area contributed by atoms with E-state index in [0.717, 1.165) is 10.0 Å². The van der Waals surface area contributed by atoms with Crippen LogP contribution >= 0.6 is 15.9 Å². The van der Waals surface area contributed by atoms with Crippen LogP contribution in [0.4, 0.5) is 4.79 Å². The lowest BCUT2D eigenvalue weighted by Crippen LogP contribution is -2.51. The van der Waals surface area contributed by atoms with Gasteiger partial charge in [-0.2, -0.15) is 0 Å². The van der Waals surface area contributed by atoms with E-state index in [-0.39, 0.29) is 24.8 Å². The molecule has 0 bridgehead atoms. The van der Waals surface area contributed by atoms with E-state index in [4.69, 9.17) is 4.74 Å². The third kappa shape index (κ3) is 7.14. The van der Waals surface area contributed by atoms with Gasteiger partial charge in [0, 0.05) is 43.6 Å². The first-order chi connectivity index (χ1) is 13.2. The number of benzene rings is 1. The van der Waals surface area contributed by atoms with Crippen molar-refractivity contribution in [2.45, 2.75) is 39.2 Å². The first-order valence-corrected chi connectivity index (χ1v) is 10.2. The topological polar surface area (TPSA) is 79.0 Å². The predicted molar refractivity (Wildman–Crippen MR) is 110 cm³/mol. The Morgan fingerprint density at radius 3 is 2.18 bits per heavy atom. The van der Waals surface area contributed by atoms with E-state index in [1.807, 2.05) is 24.3 Å². The monoisotopic (exact) mass is 453 g/mol. The molecule has 1 N–H and O–H groups in total. The number of piperazine rings is 1. The van der Waals surface area contributed by atoms with Crippen LogP contribution in [-0.2, 0) is 20.7 Å². The molecule has 1 aromatic rings. The first-order valence-electron chi connectivity index (χ1n) is 9.41. The fraction of sp³-hybridized carbons (Fsp3) is 0.550. The number of ether oxygens (including phenoxy) is 1. The third-order valence-corrected chi connectivity index (χ3v) is 5.07. The Morgan fingerprint density at radius 2 is 1.61 bits per heavy atom. The minimum absolute atomic E-state index is 0.0334. The number of nitrogens with one attached hydrogen (secondary N) is 1. The zero-order valence-corrected chi connectivity index (χ0v) is 18.3. The van der Waals surface area contributed by atoms with Crippen LogP contribution in [0.25, 0.3) is 0 Å². The minimum Gasteiger partial charge on any atom is -0.444 e. The van der Waals surface area contributed by atoms with E-state index in [0.29, 0.717) is 32.6 Å². The molecule has 1 saturated heterocycles. The molecular formula is C20H28BrN3O4. The molecule has 0 atom stereocenters. The number of nitrogens with zero attached hydrogens (tertiary/aromatic N) is 2. The second-order valence-corrected chi connectivity index (χ2v) is 8.56. The number of halogens is 1. The second kappa shape index (κ2) is 9.91. The zero-order valence-electron chi connectivity index (χ0n) is 16.7. The maximum atomic E-state index is 12.5. The summed E-state index contributed by atoms with van der Waals surface area (Å²) >= 11 is 3.47. The molecule has 0 radical (unpaired) electrons. The highest BCUT2D eigenvalue weighted by Gasteiger charge is 2.24. The van der Waals surface area contributed by atoms with Crippen LogP contribution < -0.4 is 5.32 Å². The van der Waals surface area contributed by atoms with Gasteiger partial charge in [0.15, 0.2) is 0 Å². The standard InChI is InChI=1S/C20H28BrN3O4/c1-20(2,3)28-19(27)22-9-8-17(25)23-10-12-24(13-11-23)18(26)14-15-6-4-5-7-16(15)21/h4-7H,8-14H2,1-3H3,(H,22,27). The van der Waals surface area contributed by atoms with Crippen molar-refractivity contribution in [3.8, 4) is 0 Å². The van der Waals surface area contributed by atoms with Crippen molar-refractivity contribution in [1.82, 2.24) is 15.1 Å². The number of carbonyl (C=O) groups excluding carboxylic acids is 3. The smallest absolute Gasteiger partial charge is 0.407 e. The van der Waals surface area contributed by atoms with Crippen molar-refractivity contribution in [1.29, 1.82) is 0 Å². The van der Waals surface area contributed by atoms with Crippen molar-refractivity contribution in [3.63, 3.8) is 0 Å². The molecule has 1 aliphatic heterocycles. The van der Waals surface area contributed by atoms with E-state index in [1.54, 1.807) is 30.6 Å². The van der Waals surface area contributed by atoms with E-state index in [9.17, 15) is 14.4 Å². The lowest BCUT2D eigenvalue weighted by molar-refractivity contribution is -0.139. The lowest BCUT2D eigenvalue weighted by atomic mass is 10.1. The van der Waals surface area contributed by atoms with Crippen LogP contribution in [0.3, 0.4) is 0 Å². The van der Waals surface area contributed by atoms with E-state index >= 15 is 0 Å². The van der Waals surface area contributed by atoms with Crippen LogP contribution in [0.15, 0.2) is 28.7 Å². The van der Waals surface area contributed by atoms with Crippen molar-refractivity contribution < 1.29 is 19.1 Å². The van der Waals surface area contributed by atoms with Crippen LogP contribution in [0.1, 0.15) is 32.8 Å². The van der Waals surface area contributed by atoms with Crippen LogP contribution in [-0.4, -0.2) is 66.0 Å². The summed E-state index contributed by atoms with van der Waals surface area (Å²) in [5, 5.41) is 2.59. The fourth-order valence-corrected chi connectivity index (χ4v) is 3.29. The van der Waals surface area contributed by atoms with Gasteiger partial charge in [-0.3, -0.25) is 9.59 Å². The summed E-state index contributed by atoms with van der Waals surface area (Å²) in [6.07, 6.45) is 0.0297. The van der Waals surface area contributed by atoms with Crippen LogP contribution in [0.5, 0.6) is 0 Å². The third-order valence-electron chi connectivity index (χ3n) is 4.29. The normalized spacial score (nSPS) is 14.6. The molecule has 0 spiro atoms. The molecule has 1 fully saturated rings. The molecule has 1 aliphatic rings. The molecular weight excluding hydrogens is 426 g/mol. The molecule has 0 unspecified atom stereocenters. The van der Waals surface area contributed by atoms with Gasteiger partial charge in [-0.1, -0.05) is 34.1 Å². The van der Waals surface area contributed by atoms with Crippen molar-refractivity contribution in [2.75, 3.05) is 32.7 Å². The summed E-state index contributed by atoms with van der Waals surface area (Å²) in [6, 6.07) is 7.68. The molecule has 3 amide bonds. The number of hydrogen-bond donors (Lipinski definition) is 1. The first kappa shape index (κ1) is 22.2. The Bertz CT molecular complexity index is 710. The van der Waals surface area contributed by atoms with Gasteiger partial charge in [-0.25, -0.2) is 4.79 Å². The van der Waals surface area contributed by atoms with Crippen molar-refractivity contribution >= 4 is 33.8 Å². The molecule has 0 aromatic heterocycles. The summed E-state index contributed by atoms with van der Waals surface area (Å²) in [4.78, 5) is 39.9. The average molecular weight is 454 g/mol. The zero-order chi connectivity index (χ0) is 20.7.